The van der Waals surface area contributed by atoms with Gasteiger partial charge in [-0.25, -0.2) is 13.4 Å². The molecule has 20 heavy (non-hydrogen) atoms. The number of hydrogen-bond acceptors (Lipinski definition) is 6. The van der Waals surface area contributed by atoms with Crippen molar-refractivity contribution >= 4 is 64.0 Å². The third-order valence-corrected chi connectivity index (χ3v) is 5.84. The lowest BCUT2D eigenvalue weighted by atomic mass is 10.3. The molecule has 1 aromatic heterocycles. The molecule has 1 heterocycles. The average Bonchev–Trinajstić information content (AvgIpc) is 2.76. The predicted molar refractivity (Wildman–Crippen MR) is 85.7 cm³/mol. The van der Waals surface area contributed by atoms with Crippen molar-refractivity contribution in [1.82, 2.24) is 4.98 Å². The molecule has 0 bridgehead atoms. The fourth-order valence-corrected chi connectivity index (χ4v) is 4.25. The molecule has 10 heteroatoms. The van der Waals surface area contributed by atoms with Crippen molar-refractivity contribution in [3.05, 3.63) is 26.6 Å². The van der Waals surface area contributed by atoms with E-state index in [2.05, 4.69) is 41.6 Å². The third kappa shape index (κ3) is 3.25. The molecule has 0 aliphatic heterocycles. The minimum Gasteiger partial charge on any atom is -0.495 e. The Labute approximate surface area is 136 Å². The minimum atomic E-state index is -3.83. The fraction of sp³-hybridized carbons (Fsp3) is 0.100. The normalized spacial score (nSPS) is 11.3. The quantitative estimate of drug-likeness (QED) is 0.709. The highest BCUT2D eigenvalue weighted by Gasteiger charge is 2.22. The molecule has 0 saturated heterocycles. The summed E-state index contributed by atoms with van der Waals surface area (Å²) in [6.45, 7) is 0. The average molecular weight is 443 g/mol. The highest BCUT2D eigenvalue weighted by Crippen LogP contribution is 2.34. The maximum absolute atomic E-state index is 12.3. The lowest BCUT2D eigenvalue weighted by Gasteiger charge is -2.11. The van der Waals surface area contributed by atoms with Crippen LogP contribution in [0.5, 0.6) is 5.75 Å². The van der Waals surface area contributed by atoms with Crippen LogP contribution in [0.15, 0.2) is 31.5 Å². The number of anilines is 2. The maximum atomic E-state index is 12.3. The van der Waals surface area contributed by atoms with Crippen LogP contribution in [0.25, 0.3) is 0 Å². The number of halogens is 2. The Balaban J connectivity index is 2.46. The molecule has 0 fully saturated rings. The maximum Gasteiger partial charge on any atom is 0.267 e. The third-order valence-electron chi connectivity index (χ3n) is 2.27. The molecule has 0 amide bonds. The van der Waals surface area contributed by atoms with Crippen molar-refractivity contribution in [2.75, 3.05) is 17.6 Å². The van der Waals surface area contributed by atoms with Crippen LogP contribution in [0, 0.1) is 0 Å². The van der Waals surface area contributed by atoms with Gasteiger partial charge >= 0.3 is 0 Å². The Morgan fingerprint density at radius 2 is 2.10 bits per heavy atom. The van der Waals surface area contributed by atoms with Gasteiger partial charge in [0.15, 0.2) is 5.13 Å². The van der Waals surface area contributed by atoms with Gasteiger partial charge in [-0.15, -0.1) is 0 Å². The molecule has 0 spiro atoms. The Kier molecular flexibility index (Phi) is 4.57. The van der Waals surface area contributed by atoms with Crippen LogP contribution < -0.4 is 15.2 Å². The number of aromatic nitrogens is 1. The van der Waals surface area contributed by atoms with E-state index in [-0.39, 0.29) is 15.8 Å². The molecule has 3 N–H and O–H groups in total. The number of benzene rings is 1. The van der Waals surface area contributed by atoms with E-state index in [1.165, 1.54) is 25.4 Å². The van der Waals surface area contributed by atoms with Crippen molar-refractivity contribution < 1.29 is 13.2 Å². The highest BCUT2D eigenvalue weighted by molar-refractivity contribution is 9.11. The number of nitrogens with one attached hydrogen (secondary N) is 1. The van der Waals surface area contributed by atoms with E-state index in [0.717, 1.165) is 15.1 Å². The van der Waals surface area contributed by atoms with E-state index < -0.39 is 10.0 Å². The van der Waals surface area contributed by atoms with E-state index in [0.29, 0.717) is 10.2 Å². The Morgan fingerprint density at radius 1 is 1.40 bits per heavy atom. The van der Waals surface area contributed by atoms with Crippen molar-refractivity contribution in [2.24, 2.45) is 0 Å². The number of nitrogens with two attached hydrogens (primary N) is 1. The molecule has 0 saturated carbocycles. The van der Waals surface area contributed by atoms with Gasteiger partial charge in [-0.05, 0) is 44.0 Å². The monoisotopic (exact) mass is 441 g/mol. The Morgan fingerprint density at radius 3 is 2.65 bits per heavy atom. The van der Waals surface area contributed by atoms with Gasteiger partial charge in [0, 0.05) is 10.2 Å². The number of sulfonamides is 1. The van der Waals surface area contributed by atoms with E-state index in [1.807, 2.05) is 0 Å². The van der Waals surface area contributed by atoms with Gasteiger partial charge < -0.3 is 10.5 Å². The molecule has 108 valence electrons. The molecule has 0 aliphatic carbocycles. The van der Waals surface area contributed by atoms with Crippen molar-refractivity contribution in [1.29, 1.82) is 0 Å². The zero-order chi connectivity index (χ0) is 14.9. The summed E-state index contributed by atoms with van der Waals surface area (Å²) < 4.78 is 33.4. The van der Waals surface area contributed by atoms with Gasteiger partial charge in [-0.3, -0.25) is 4.72 Å². The van der Waals surface area contributed by atoms with Gasteiger partial charge in [-0.1, -0.05) is 11.3 Å². The second kappa shape index (κ2) is 5.88. The second-order valence-corrected chi connectivity index (χ2v) is 8.51. The lowest BCUT2D eigenvalue weighted by Crippen LogP contribution is -2.14. The van der Waals surface area contributed by atoms with Crippen LogP contribution in [-0.2, 0) is 10.0 Å². The standard InChI is InChI=1S/C10H9Br2N3O3S2/c1-18-7-2-5(11)6(13)3-8(7)20(16,17)15-10-14-4-9(12)19-10/h2-4H,13H2,1H3,(H,14,15). The fourth-order valence-electron chi connectivity index (χ4n) is 1.39. The first-order valence-electron chi connectivity index (χ1n) is 5.10. The Hall–Kier alpha value is -0.840. The minimum absolute atomic E-state index is 0.0491. The SMILES string of the molecule is COc1cc(Br)c(N)cc1S(=O)(=O)Nc1ncc(Br)s1. The largest absolute Gasteiger partial charge is 0.495 e. The first-order chi connectivity index (χ1) is 9.33. The zero-order valence-electron chi connectivity index (χ0n) is 10.1. The number of methoxy groups -OCH3 is 1. The number of nitrogens with zero attached hydrogens (tertiary/aromatic N) is 1. The van der Waals surface area contributed by atoms with Gasteiger partial charge in [-0.2, -0.15) is 0 Å². The van der Waals surface area contributed by atoms with Crippen LogP contribution in [0.4, 0.5) is 10.8 Å². The summed E-state index contributed by atoms with van der Waals surface area (Å²) in [5.74, 6) is 0.189. The van der Waals surface area contributed by atoms with Crippen molar-refractivity contribution in [3.63, 3.8) is 0 Å². The molecular weight excluding hydrogens is 434 g/mol. The van der Waals surface area contributed by atoms with Crippen molar-refractivity contribution in [2.45, 2.75) is 4.90 Å². The number of nitrogen functional groups attached to an aromatic ring is 1. The van der Waals surface area contributed by atoms with Crippen molar-refractivity contribution in [3.8, 4) is 5.75 Å². The van der Waals surface area contributed by atoms with E-state index in [1.54, 1.807) is 0 Å². The van der Waals surface area contributed by atoms with Crippen LogP contribution in [-0.4, -0.2) is 20.5 Å². The first kappa shape index (κ1) is 15.5. The summed E-state index contributed by atoms with van der Waals surface area (Å²) in [6, 6.07) is 2.83. The van der Waals surface area contributed by atoms with Crippen LogP contribution in [0.2, 0.25) is 0 Å². The molecule has 0 radical (unpaired) electrons. The number of thiazole rings is 1. The summed E-state index contributed by atoms with van der Waals surface area (Å²) in [6.07, 6.45) is 1.51. The molecule has 2 rings (SSSR count). The van der Waals surface area contributed by atoms with Crippen LogP contribution in [0.1, 0.15) is 0 Å². The number of ether oxygens (including phenoxy) is 1. The molecule has 0 atom stereocenters. The van der Waals surface area contributed by atoms with Crippen LogP contribution in [0.3, 0.4) is 0 Å². The zero-order valence-corrected chi connectivity index (χ0v) is 14.9. The molecule has 6 nitrogen and oxygen atoms in total. The van der Waals surface area contributed by atoms with E-state index >= 15 is 0 Å². The summed E-state index contributed by atoms with van der Waals surface area (Å²) in [4.78, 5) is 3.87. The second-order valence-electron chi connectivity index (χ2n) is 3.60. The summed E-state index contributed by atoms with van der Waals surface area (Å²) in [7, 11) is -2.44. The van der Waals surface area contributed by atoms with Gasteiger partial charge in [0.2, 0.25) is 0 Å². The molecule has 0 unspecified atom stereocenters. The number of hydrogen-bond donors (Lipinski definition) is 2. The molecule has 2 aromatic rings. The van der Waals surface area contributed by atoms with Gasteiger partial charge in [0.1, 0.15) is 10.6 Å². The van der Waals surface area contributed by atoms with Gasteiger partial charge in [0.25, 0.3) is 10.0 Å². The van der Waals surface area contributed by atoms with E-state index in [4.69, 9.17) is 10.5 Å². The lowest BCUT2D eigenvalue weighted by molar-refractivity contribution is 0.402. The molecule has 1 aromatic carbocycles. The number of rotatable bonds is 4. The van der Waals surface area contributed by atoms with E-state index in [9.17, 15) is 8.42 Å². The summed E-state index contributed by atoms with van der Waals surface area (Å²) in [5.41, 5.74) is 6.02. The van der Waals surface area contributed by atoms with Gasteiger partial charge in [0.05, 0.1) is 17.1 Å². The molecule has 0 aliphatic rings. The Bertz CT molecular complexity index is 746. The molecular formula is C10H9Br2N3O3S2. The van der Waals surface area contributed by atoms with Crippen LogP contribution >= 0.6 is 43.2 Å². The first-order valence-corrected chi connectivity index (χ1v) is 8.99. The topological polar surface area (TPSA) is 94.3 Å². The smallest absolute Gasteiger partial charge is 0.267 e. The highest BCUT2D eigenvalue weighted by atomic mass is 79.9. The summed E-state index contributed by atoms with van der Waals surface area (Å²) in [5, 5.41) is 0.250. The predicted octanol–water partition coefficient (Wildman–Crippen LogP) is 3.06. The summed E-state index contributed by atoms with van der Waals surface area (Å²) >= 11 is 7.60.